The van der Waals surface area contributed by atoms with Gasteiger partial charge in [0.25, 0.3) is 0 Å². The lowest BCUT2D eigenvalue weighted by atomic mass is 9.88. The van der Waals surface area contributed by atoms with E-state index >= 15 is 0 Å². The number of ketones is 1. The van der Waals surface area contributed by atoms with Crippen LogP contribution in [0.2, 0.25) is 72.5 Å². The van der Waals surface area contributed by atoms with E-state index in [0.717, 1.165) is 114 Å². The molecule has 1 unspecified atom stereocenters. The molecule has 26 heteroatoms. The van der Waals surface area contributed by atoms with Crippen LogP contribution in [-0.4, -0.2) is 148 Å². The molecule has 0 fully saturated rings. The van der Waals surface area contributed by atoms with E-state index in [4.69, 9.17) is 41.4 Å². The fraction of sp³-hybridized carbons (Fsp3) is 0.388. The summed E-state index contributed by atoms with van der Waals surface area (Å²) in [4.78, 5) is 17.0. The topological polar surface area (TPSA) is 147 Å². The van der Waals surface area contributed by atoms with E-state index in [9.17, 15) is 37.0 Å². The number of phenols is 1. The lowest BCUT2D eigenvalue weighted by Gasteiger charge is -2.36. The number of benzene rings is 10. The zero-order valence-corrected chi connectivity index (χ0v) is 96.6. The molecule has 14 nitrogen and oxygen atoms in total. The Balaban J connectivity index is 0.000000272. The smallest absolute Gasteiger partial charge is 0.250 e. The van der Waals surface area contributed by atoms with Crippen molar-refractivity contribution >= 4 is 104 Å². The van der Waals surface area contributed by atoms with Crippen molar-refractivity contribution in [2.24, 2.45) is 0 Å². The minimum atomic E-state index is -1.95. The van der Waals surface area contributed by atoms with Crippen molar-refractivity contribution in [3.8, 4) is 57.5 Å². The summed E-state index contributed by atoms with van der Waals surface area (Å²) in [6, 6.07) is 59.9. The fourth-order valence-corrected chi connectivity index (χ4v) is 17.7. The second-order valence-corrected chi connectivity index (χ2v) is 62.6. The van der Waals surface area contributed by atoms with Gasteiger partial charge in [0.1, 0.15) is 92.2 Å². The molecule has 0 radical (unpaired) electrons. The van der Waals surface area contributed by atoms with Gasteiger partial charge in [0, 0.05) is 100 Å². The van der Waals surface area contributed by atoms with Crippen LogP contribution in [0.3, 0.4) is 0 Å². The molecule has 1 atom stereocenters. The normalized spacial score (nSPS) is 12.2. The molecule has 10 rings (SSSR count). The van der Waals surface area contributed by atoms with Gasteiger partial charge in [0.15, 0.2) is 5.78 Å². The molecule has 142 heavy (non-hydrogen) atoms. The Morgan fingerprint density at radius 1 is 0.338 bits per heavy atom. The third kappa shape index (κ3) is 37.8. The SMILES string of the molecule is C=C(c1ccc(O[Si](C)(C)C(C)(C)C)cc1)c1ccc(OCCCBr)cc1F.C=CCN(C)CCCOc1ccc(C(=C)c2ccc(O)cc2)c(F)c1.C=CCN(C)CCCOc1ccc(C(=C)c2ccc(O[Si](C)(C)C(C)(C)C)cc2)c(F)c1.CC(C)(C)[Si](C)(C)Oc1ccc(C(=O)c2ccc(OCCCBr)cc2F)cc1.CC(O)(c1ccc(O[Si](C)(C)C(C)(C)C)cc1)c1ccc(OCCCBr)cc1F. The Bertz CT molecular complexity index is 5560. The molecular formula is C116H152Br3F5N2O12Si4. The number of nitrogens with zero attached hydrogens (tertiary/aromatic N) is 2. The van der Waals surface area contributed by atoms with Gasteiger partial charge < -0.3 is 61.4 Å². The second kappa shape index (κ2) is 55.6. The monoisotopic (exact) mass is 2210 g/mol. The largest absolute Gasteiger partial charge is 0.544 e. The standard InChI is InChI=1S/C27H38FNO2Si.C23H32BrFO3Si.C23H30BrFO2Si.C22H28BrFO3Si.C21H24FNO2/c1-9-17-29(6)18-10-19-30-24-15-16-25(26(28)20-24)21(2)22-11-13-23(14-12-22)31-32(7,8)27(3,4)5;1-22(2,3)29(5,6)28-18-10-8-17(9-11-18)23(4,26)20-13-12-19(16-21(20)25)27-15-7-14-24;1-17(21-13-12-20(16-22(21)25)26-15-7-14-24)18-8-10-19(11-9-18)27-28(5,6)23(2,3)4;1-22(2,3)28(4,5)27-17-9-7-16(8-10-17)21(25)19-12-11-18(15-20(19)24)26-14-6-13-23;1-4-12-23(3)13-5-14-25-19-10-11-20(21(22)15-19)16(2)17-6-8-18(24)9-7-17/h9,11-16,20H,1-2,10,17-19H2,3-8H3;8-13,16,26H,7,14-15H2,1-6H3;8-13,16H,1,7,14-15H2,2-6H3;7-12,15H,6,13-14H2,1-5H3;4,6-11,15,24H,1-2,5,12-14H2,3H3. The first-order valence-electron chi connectivity index (χ1n) is 48.1. The maximum absolute atomic E-state index is 14.8. The van der Waals surface area contributed by atoms with Gasteiger partial charge in [-0.25, -0.2) is 22.0 Å². The lowest BCUT2D eigenvalue weighted by molar-refractivity contribution is 0.0977. The van der Waals surface area contributed by atoms with Gasteiger partial charge in [-0.1, -0.05) is 211 Å². The Labute approximate surface area is 874 Å². The highest BCUT2D eigenvalue weighted by Crippen LogP contribution is 2.44. The van der Waals surface area contributed by atoms with E-state index in [-0.39, 0.29) is 60.3 Å². The number of carbonyl (C=O) groups excluding carboxylic acids is 1. The molecule has 0 aliphatic heterocycles. The van der Waals surface area contributed by atoms with Gasteiger partial charge in [0.05, 0.1) is 38.6 Å². The first-order valence-corrected chi connectivity index (χ1v) is 63.1. The highest BCUT2D eigenvalue weighted by Gasteiger charge is 2.43. The number of aliphatic hydroxyl groups is 1. The Morgan fingerprint density at radius 2 is 0.570 bits per heavy atom. The fourth-order valence-electron chi connectivity index (χ4n) is 12.8. The summed E-state index contributed by atoms with van der Waals surface area (Å²) in [5.74, 6) is 3.34. The zero-order valence-electron chi connectivity index (χ0n) is 87.8. The number of phenolic OH excluding ortho intramolecular Hbond substituents is 1. The summed E-state index contributed by atoms with van der Waals surface area (Å²) < 4.78 is 126. The maximum atomic E-state index is 14.8. The van der Waals surface area contributed by atoms with Crippen molar-refractivity contribution < 1.29 is 78.3 Å². The number of hydrogen-bond donors (Lipinski definition) is 2. The maximum Gasteiger partial charge on any atom is 0.250 e. The molecular weight excluding hydrogens is 2060 g/mol. The molecule has 2 N–H and O–H groups in total. The van der Waals surface area contributed by atoms with Crippen molar-refractivity contribution in [1.29, 1.82) is 0 Å². The predicted molar refractivity (Wildman–Crippen MR) is 601 cm³/mol. The zero-order chi connectivity index (χ0) is 106. The summed E-state index contributed by atoms with van der Waals surface area (Å²) in [5.41, 5.74) is 5.52. The molecule has 0 saturated heterocycles. The quantitative estimate of drug-likeness (QED) is 0.00932. The van der Waals surface area contributed by atoms with E-state index in [1.165, 1.54) is 36.4 Å². The van der Waals surface area contributed by atoms with Crippen LogP contribution in [0.15, 0.2) is 257 Å². The van der Waals surface area contributed by atoms with Crippen LogP contribution < -0.4 is 41.4 Å². The molecule has 0 aromatic heterocycles. The number of alkyl halides is 3. The van der Waals surface area contributed by atoms with Crippen LogP contribution >= 0.6 is 47.8 Å². The Hall–Kier alpha value is -9.59. The highest BCUT2D eigenvalue weighted by atomic mass is 79.9. The summed E-state index contributed by atoms with van der Waals surface area (Å²) in [6.45, 7) is 71.3. The molecule has 0 bridgehead atoms. The highest BCUT2D eigenvalue weighted by molar-refractivity contribution is 9.09. The van der Waals surface area contributed by atoms with E-state index < -0.39 is 50.5 Å². The van der Waals surface area contributed by atoms with Gasteiger partial charge in [0.2, 0.25) is 33.3 Å². The minimum absolute atomic E-state index is 0.0332. The van der Waals surface area contributed by atoms with Crippen molar-refractivity contribution in [1.82, 2.24) is 9.80 Å². The molecule has 0 aliphatic carbocycles. The molecule has 0 heterocycles. The van der Waals surface area contributed by atoms with Crippen LogP contribution in [0.4, 0.5) is 22.0 Å². The number of likely N-dealkylation sites (N-methyl/N-ethyl adjacent to an activating group) is 2. The third-order valence-corrected chi connectivity index (χ3v) is 44.9. The van der Waals surface area contributed by atoms with Crippen LogP contribution in [-0.2, 0) is 5.60 Å². The van der Waals surface area contributed by atoms with Crippen LogP contribution in [0.1, 0.15) is 183 Å². The molecule has 0 saturated carbocycles. The van der Waals surface area contributed by atoms with Gasteiger partial charge in [-0.15, -0.1) is 13.2 Å². The second-order valence-electron chi connectivity index (χ2n) is 41.3. The number of halogens is 8. The van der Waals surface area contributed by atoms with Gasteiger partial charge >= 0.3 is 0 Å². The summed E-state index contributed by atoms with van der Waals surface area (Å²) in [7, 11) is -3.61. The first-order chi connectivity index (χ1) is 66.4. The molecule has 10 aromatic carbocycles. The average molecular weight is 2210 g/mol. The van der Waals surface area contributed by atoms with Crippen LogP contribution in [0.5, 0.6) is 57.5 Å². The Morgan fingerprint density at radius 3 is 0.824 bits per heavy atom. The average Bonchev–Trinajstić information content (AvgIpc) is 0.825. The van der Waals surface area contributed by atoms with E-state index in [1.807, 2.05) is 86.9 Å². The molecule has 10 aromatic rings. The third-order valence-electron chi connectivity index (χ3n) is 25.7. The van der Waals surface area contributed by atoms with Crippen molar-refractivity contribution in [3.05, 3.63) is 342 Å². The minimum Gasteiger partial charge on any atom is -0.544 e. The predicted octanol–water partition coefficient (Wildman–Crippen LogP) is 32.3. The number of ether oxygens (including phenoxy) is 5. The van der Waals surface area contributed by atoms with Gasteiger partial charge in [-0.2, -0.15) is 0 Å². The van der Waals surface area contributed by atoms with Crippen molar-refractivity contribution in [3.63, 3.8) is 0 Å². The molecule has 0 amide bonds. The van der Waals surface area contributed by atoms with E-state index in [1.54, 1.807) is 122 Å². The number of aromatic hydroxyl groups is 1. The van der Waals surface area contributed by atoms with Crippen molar-refractivity contribution in [2.75, 3.05) is 89.3 Å². The number of carbonyl (C=O) groups is 1. The Kier molecular flexibility index (Phi) is 47.5. The van der Waals surface area contributed by atoms with Crippen molar-refractivity contribution in [2.45, 2.75) is 200 Å². The van der Waals surface area contributed by atoms with Gasteiger partial charge in [-0.05, 0) is 298 Å². The molecule has 770 valence electrons. The van der Waals surface area contributed by atoms with Gasteiger partial charge in [-0.3, -0.25) is 4.79 Å². The van der Waals surface area contributed by atoms with E-state index in [0.29, 0.717) is 106 Å². The summed E-state index contributed by atoms with van der Waals surface area (Å²) >= 11 is 10.0. The summed E-state index contributed by atoms with van der Waals surface area (Å²) in [5, 5.41) is 23.4. The van der Waals surface area contributed by atoms with Crippen LogP contribution in [0, 0.1) is 29.1 Å². The van der Waals surface area contributed by atoms with Crippen LogP contribution in [0.25, 0.3) is 16.7 Å². The molecule has 0 spiro atoms. The first kappa shape index (κ1) is 121. The molecule has 0 aliphatic rings. The number of hydrogen-bond acceptors (Lipinski definition) is 14. The summed E-state index contributed by atoms with van der Waals surface area (Å²) in [6.07, 6.45) is 7.99. The van der Waals surface area contributed by atoms with E-state index in [2.05, 4.69) is 226 Å². The number of rotatable bonds is 44. The lowest BCUT2D eigenvalue weighted by Crippen LogP contribution is -2.43.